The number of anilines is 1. The molecule has 1 unspecified atom stereocenters. The molecule has 2 aromatic rings. The third kappa shape index (κ3) is 4.30. The number of carbonyl (C=O) groups is 1. The van der Waals surface area contributed by atoms with E-state index in [0.717, 1.165) is 28.6 Å². The van der Waals surface area contributed by atoms with Gasteiger partial charge in [-0.25, -0.2) is 9.97 Å². The normalized spacial score (nSPS) is 14.9. The first-order valence-corrected chi connectivity index (χ1v) is 9.74. The van der Waals surface area contributed by atoms with E-state index in [0.29, 0.717) is 22.1 Å². The zero-order valence-electron chi connectivity index (χ0n) is 17.7. The molecule has 1 atom stereocenters. The number of benzene rings is 1. The number of nitrogens with zero attached hydrogens (tertiary/aromatic N) is 3. The first kappa shape index (κ1) is 22.5. The number of allylic oxidation sites excluding steroid dienone is 3. The van der Waals surface area contributed by atoms with E-state index in [9.17, 15) is 4.79 Å². The smallest absolute Gasteiger partial charge is 0.162 e. The van der Waals surface area contributed by atoms with Gasteiger partial charge in [0, 0.05) is 35.1 Å². The number of aldehydes is 1. The third-order valence-electron chi connectivity index (χ3n) is 5.06. The lowest BCUT2D eigenvalue weighted by Gasteiger charge is -2.27. The molecule has 1 heterocycles. The van der Waals surface area contributed by atoms with Gasteiger partial charge in [0.1, 0.15) is 12.1 Å². The molecule has 2 N–H and O–H groups in total. The number of nitrogen functional groups attached to an aromatic ring is 1. The zero-order chi connectivity index (χ0) is 21.8. The Labute approximate surface area is 177 Å². The highest BCUT2D eigenvalue weighted by Gasteiger charge is 2.35. The highest BCUT2D eigenvalue weighted by molar-refractivity contribution is 6.30. The van der Waals surface area contributed by atoms with Crippen LogP contribution in [0, 0.1) is 13.8 Å². The Hall–Kier alpha value is -2.79. The number of halogens is 1. The van der Waals surface area contributed by atoms with E-state index < -0.39 is 5.41 Å². The fourth-order valence-electron chi connectivity index (χ4n) is 3.61. The van der Waals surface area contributed by atoms with Crippen LogP contribution in [0.4, 0.5) is 5.82 Å². The number of nitrogens with two attached hydrogens (primary N) is 1. The van der Waals surface area contributed by atoms with E-state index in [2.05, 4.69) is 9.98 Å². The number of hydrogen-bond acceptors (Lipinski definition) is 5. The number of aliphatic imine (C=N–C) groups is 1. The van der Waals surface area contributed by atoms with Crippen LogP contribution in [-0.2, 0) is 10.2 Å². The minimum Gasteiger partial charge on any atom is -0.383 e. The van der Waals surface area contributed by atoms with Gasteiger partial charge in [0.25, 0.3) is 0 Å². The lowest BCUT2D eigenvalue weighted by Crippen LogP contribution is -2.31. The Morgan fingerprint density at radius 3 is 2.38 bits per heavy atom. The molecular formula is C23H27ClN4O. The van der Waals surface area contributed by atoms with Crippen molar-refractivity contribution in [2.75, 3.05) is 12.8 Å². The van der Waals surface area contributed by atoms with Crippen molar-refractivity contribution in [3.8, 4) is 0 Å². The van der Waals surface area contributed by atoms with Crippen molar-refractivity contribution in [3.05, 3.63) is 69.2 Å². The van der Waals surface area contributed by atoms with Crippen LogP contribution in [0.2, 0.25) is 5.02 Å². The molecule has 1 aromatic heterocycles. The van der Waals surface area contributed by atoms with E-state index in [1.165, 1.54) is 0 Å². The van der Waals surface area contributed by atoms with Crippen molar-refractivity contribution in [2.45, 2.75) is 40.0 Å². The summed E-state index contributed by atoms with van der Waals surface area (Å²) in [5.74, 6) is 0.785. The predicted octanol–water partition coefficient (Wildman–Crippen LogP) is 4.88. The molecule has 2 rings (SSSR count). The van der Waals surface area contributed by atoms with Crippen LogP contribution in [0.15, 0.2) is 40.9 Å². The van der Waals surface area contributed by atoms with E-state index in [1.54, 1.807) is 20.2 Å². The standard InChI is InChI=1S/C23H27ClN4O/c1-7-16(12-26-6)23(5,13-29)20-15(4)27-22(28-21(20)25)18(8-2)19-10-9-17(24)11-14(19)3/h7-13H,1-6H3,(H2,25,27,28)/b16-7+,18-8+,26-12?. The van der Waals surface area contributed by atoms with E-state index in [1.807, 2.05) is 58.0 Å². The van der Waals surface area contributed by atoms with Crippen LogP contribution in [0.5, 0.6) is 0 Å². The van der Waals surface area contributed by atoms with E-state index in [4.69, 9.17) is 22.3 Å². The molecule has 0 radical (unpaired) electrons. The molecule has 0 saturated heterocycles. The Morgan fingerprint density at radius 1 is 1.21 bits per heavy atom. The van der Waals surface area contributed by atoms with Crippen LogP contribution in [0.25, 0.3) is 5.57 Å². The summed E-state index contributed by atoms with van der Waals surface area (Å²) in [6.45, 7) is 9.43. The van der Waals surface area contributed by atoms with Gasteiger partial charge in [-0.3, -0.25) is 4.99 Å². The second kappa shape index (κ2) is 9.14. The van der Waals surface area contributed by atoms with Crippen molar-refractivity contribution < 1.29 is 4.79 Å². The molecule has 0 aliphatic heterocycles. The van der Waals surface area contributed by atoms with Gasteiger partial charge >= 0.3 is 0 Å². The molecule has 152 valence electrons. The van der Waals surface area contributed by atoms with Gasteiger partial charge in [-0.2, -0.15) is 0 Å². The lowest BCUT2D eigenvalue weighted by atomic mass is 9.76. The van der Waals surface area contributed by atoms with Gasteiger partial charge in [-0.1, -0.05) is 29.8 Å². The first-order chi connectivity index (χ1) is 13.7. The van der Waals surface area contributed by atoms with Crippen LogP contribution in [0.1, 0.15) is 49.0 Å². The second-order valence-electron chi connectivity index (χ2n) is 7.01. The summed E-state index contributed by atoms with van der Waals surface area (Å²) in [5, 5.41) is 0.673. The number of aromatic nitrogens is 2. The zero-order valence-corrected chi connectivity index (χ0v) is 18.5. The summed E-state index contributed by atoms with van der Waals surface area (Å²) in [4.78, 5) is 25.5. The summed E-state index contributed by atoms with van der Waals surface area (Å²) in [6.07, 6.45) is 6.33. The molecule has 29 heavy (non-hydrogen) atoms. The van der Waals surface area contributed by atoms with E-state index >= 15 is 0 Å². The maximum Gasteiger partial charge on any atom is 0.162 e. The van der Waals surface area contributed by atoms with Gasteiger partial charge in [0.2, 0.25) is 0 Å². The lowest BCUT2D eigenvalue weighted by molar-refractivity contribution is -0.110. The maximum atomic E-state index is 12.1. The molecular weight excluding hydrogens is 384 g/mol. The Morgan fingerprint density at radius 2 is 1.90 bits per heavy atom. The van der Waals surface area contributed by atoms with Crippen LogP contribution >= 0.6 is 11.6 Å². The van der Waals surface area contributed by atoms with Gasteiger partial charge in [-0.05, 0) is 63.5 Å². The van der Waals surface area contributed by atoms with E-state index in [-0.39, 0.29) is 5.82 Å². The summed E-state index contributed by atoms with van der Waals surface area (Å²) in [7, 11) is 1.66. The molecule has 1 aromatic carbocycles. The van der Waals surface area contributed by atoms with Crippen LogP contribution < -0.4 is 5.73 Å². The van der Waals surface area contributed by atoms with Gasteiger partial charge in [0.05, 0.1) is 5.41 Å². The minimum absolute atomic E-state index is 0.275. The maximum absolute atomic E-state index is 12.1. The second-order valence-corrected chi connectivity index (χ2v) is 7.44. The molecule has 6 heteroatoms. The van der Waals surface area contributed by atoms with Gasteiger partial charge < -0.3 is 10.5 Å². The first-order valence-electron chi connectivity index (χ1n) is 9.36. The van der Waals surface area contributed by atoms with Crippen molar-refractivity contribution in [1.82, 2.24) is 9.97 Å². The molecule has 0 bridgehead atoms. The quantitative estimate of drug-likeness (QED) is 0.543. The molecule has 0 aliphatic carbocycles. The summed E-state index contributed by atoms with van der Waals surface area (Å²) in [6, 6.07) is 5.68. The largest absolute Gasteiger partial charge is 0.383 e. The summed E-state index contributed by atoms with van der Waals surface area (Å²) in [5.41, 5.74) is 10.2. The van der Waals surface area contributed by atoms with Crippen molar-refractivity contribution in [3.63, 3.8) is 0 Å². The Kier molecular flexibility index (Phi) is 7.09. The fourth-order valence-corrected chi connectivity index (χ4v) is 3.84. The number of aryl methyl sites for hydroxylation is 2. The van der Waals surface area contributed by atoms with Crippen molar-refractivity contribution in [1.29, 1.82) is 0 Å². The summed E-state index contributed by atoms with van der Waals surface area (Å²) < 4.78 is 0. The highest BCUT2D eigenvalue weighted by Crippen LogP contribution is 2.36. The molecule has 5 nitrogen and oxygen atoms in total. The van der Waals surface area contributed by atoms with Crippen molar-refractivity contribution >= 4 is 35.5 Å². The number of carbonyl (C=O) groups excluding carboxylic acids is 1. The number of hydrogen-bond donors (Lipinski definition) is 1. The van der Waals surface area contributed by atoms with Gasteiger partial charge in [0.15, 0.2) is 5.82 Å². The Bertz CT molecular complexity index is 1000. The topological polar surface area (TPSA) is 81.2 Å². The summed E-state index contributed by atoms with van der Waals surface area (Å²) >= 11 is 6.10. The number of rotatable bonds is 6. The molecule has 0 aliphatic rings. The van der Waals surface area contributed by atoms with Gasteiger partial charge in [-0.15, -0.1) is 0 Å². The molecule has 0 amide bonds. The monoisotopic (exact) mass is 410 g/mol. The van der Waals surface area contributed by atoms with Crippen molar-refractivity contribution in [2.24, 2.45) is 4.99 Å². The predicted molar refractivity (Wildman–Crippen MR) is 122 cm³/mol. The highest BCUT2D eigenvalue weighted by atomic mass is 35.5. The third-order valence-corrected chi connectivity index (χ3v) is 5.30. The molecule has 0 saturated carbocycles. The molecule has 0 fully saturated rings. The minimum atomic E-state index is -0.993. The Balaban J connectivity index is 2.68. The van der Waals surface area contributed by atoms with Crippen LogP contribution in [0.3, 0.4) is 0 Å². The average molecular weight is 411 g/mol. The SMILES string of the molecule is C/C=C(\C=NC)C(C)(C=O)c1c(C)nc(/C(=C/C)c2ccc(Cl)cc2C)nc1N. The van der Waals surface area contributed by atoms with Crippen LogP contribution in [-0.4, -0.2) is 29.5 Å². The average Bonchev–Trinajstić information content (AvgIpc) is 2.67. The fraction of sp³-hybridized carbons (Fsp3) is 0.304. The molecule has 0 spiro atoms.